The number of hydrogen-bond acceptors (Lipinski definition) is 3. The number of hydrogen-bond donors (Lipinski definition) is 2. The Kier molecular flexibility index (Phi) is 6.69. The van der Waals surface area contributed by atoms with E-state index in [-0.39, 0.29) is 11.8 Å². The molecule has 0 bridgehead atoms. The van der Waals surface area contributed by atoms with Crippen molar-refractivity contribution in [2.75, 3.05) is 26.7 Å². The van der Waals surface area contributed by atoms with Crippen LogP contribution in [-0.2, 0) is 4.79 Å². The minimum atomic E-state index is -0.411. The second kappa shape index (κ2) is 8.52. The molecule has 1 saturated heterocycles. The first kappa shape index (κ1) is 18.0. The van der Waals surface area contributed by atoms with E-state index in [9.17, 15) is 9.59 Å². The summed E-state index contributed by atoms with van der Waals surface area (Å²) in [6, 6.07) is 4.37. The van der Waals surface area contributed by atoms with Crippen molar-refractivity contribution in [1.29, 1.82) is 0 Å². The maximum absolute atomic E-state index is 12.6. The third-order valence-electron chi connectivity index (χ3n) is 3.89. The maximum Gasteiger partial charge on any atom is 0.254 e. The molecule has 5 nitrogen and oxygen atoms in total. The van der Waals surface area contributed by atoms with Gasteiger partial charge in [0.25, 0.3) is 5.91 Å². The van der Waals surface area contributed by atoms with Gasteiger partial charge in [-0.1, -0.05) is 23.2 Å². The zero-order valence-electron chi connectivity index (χ0n) is 13.1. The number of nitrogens with zero attached hydrogens (tertiary/aromatic N) is 1. The van der Waals surface area contributed by atoms with E-state index in [0.29, 0.717) is 35.1 Å². The largest absolute Gasteiger partial charge is 0.354 e. The molecule has 2 rings (SSSR count). The van der Waals surface area contributed by atoms with Crippen molar-refractivity contribution in [3.8, 4) is 0 Å². The SMILES string of the molecule is CNCCCNC(=O)C1CCCN1C(=O)c1ccc(Cl)c(Cl)c1. The summed E-state index contributed by atoms with van der Waals surface area (Å²) in [7, 11) is 1.87. The van der Waals surface area contributed by atoms with Crippen LogP contribution in [0.4, 0.5) is 0 Å². The Hall–Kier alpha value is -1.30. The molecule has 0 radical (unpaired) electrons. The minimum Gasteiger partial charge on any atom is -0.354 e. The number of halogens is 2. The van der Waals surface area contributed by atoms with Gasteiger partial charge in [-0.3, -0.25) is 9.59 Å². The van der Waals surface area contributed by atoms with Crippen LogP contribution in [0.1, 0.15) is 29.6 Å². The molecule has 0 saturated carbocycles. The van der Waals surface area contributed by atoms with Gasteiger partial charge in [-0.25, -0.2) is 0 Å². The van der Waals surface area contributed by atoms with Crippen LogP contribution >= 0.6 is 23.2 Å². The highest BCUT2D eigenvalue weighted by molar-refractivity contribution is 6.42. The summed E-state index contributed by atoms with van der Waals surface area (Å²) in [6.45, 7) is 2.02. The van der Waals surface area contributed by atoms with Gasteiger partial charge >= 0.3 is 0 Å². The van der Waals surface area contributed by atoms with E-state index in [2.05, 4.69) is 10.6 Å². The smallest absolute Gasteiger partial charge is 0.254 e. The lowest BCUT2D eigenvalue weighted by Crippen LogP contribution is -2.46. The van der Waals surface area contributed by atoms with Crippen LogP contribution < -0.4 is 10.6 Å². The van der Waals surface area contributed by atoms with E-state index >= 15 is 0 Å². The Balaban J connectivity index is 2.01. The Bertz CT molecular complexity index is 580. The van der Waals surface area contributed by atoms with Crippen LogP contribution in [0, 0.1) is 0 Å². The number of nitrogens with one attached hydrogen (secondary N) is 2. The predicted octanol–water partition coefficient (Wildman–Crippen LogP) is 2.32. The zero-order chi connectivity index (χ0) is 16.8. The molecule has 1 atom stereocenters. The normalized spacial score (nSPS) is 17.3. The summed E-state index contributed by atoms with van der Waals surface area (Å²) >= 11 is 11.9. The van der Waals surface area contributed by atoms with Gasteiger partial charge in [-0.15, -0.1) is 0 Å². The molecule has 1 aromatic carbocycles. The fourth-order valence-corrected chi connectivity index (χ4v) is 2.97. The molecule has 0 aliphatic carbocycles. The molecule has 0 aromatic heterocycles. The van der Waals surface area contributed by atoms with Crippen LogP contribution in [0.5, 0.6) is 0 Å². The van der Waals surface area contributed by atoms with Crippen molar-refractivity contribution in [2.24, 2.45) is 0 Å². The summed E-state index contributed by atoms with van der Waals surface area (Å²) < 4.78 is 0. The molecule has 7 heteroatoms. The third kappa shape index (κ3) is 4.59. The third-order valence-corrected chi connectivity index (χ3v) is 4.62. The number of likely N-dealkylation sites (tertiary alicyclic amines) is 1. The average Bonchev–Trinajstić information content (AvgIpc) is 3.03. The minimum absolute atomic E-state index is 0.0907. The summed E-state index contributed by atoms with van der Waals surface area (Å²) in [6.07, 6.45) is 2.36. The Morgan fingerprint density at radius 3 is 2.74 bits per heavy atom. The molecule has 1 unspecified atom stereocenters. The molecule has 2 N–H and O–H groups in total. The van der Waals surface area contributed by atoms with Crippen LogP contribution in [0.2, 0.25) is 10.0 Å². The predicted molar refractivity (Wildman–Crippen MR) is 92.1 cm³/mol. The lowest BCUT2D eigenvalue weighted by atomic mass is 10.1. The fraction of sp³-hybridized carbons (Fsp3) is 0.500. The average molecular weight is 358 g/mol. The van der Waals surface area contributed by atoms with Crippen molar-refractivity contribution in [2.45, 2.75) is 25.3 Å². The van der Waals surface area contributed by atoms with Gasteiger partial charge in [0, 0.05) is 18.7 Å². The van der Waals surface area contributed by atoms with E-state index in [1.54, 1.807) is 23.1 Å². The van der Waals surface area contributed by atoms with Gasteiger partial charge in [0.2, 0.25) is 5.91 Å². The fourth-order valence-electron chi connectivity index (χ4n) is 2.67. The van der Waals surface area contributed by atoms with Gasteiger partial charge in [-0.2, -0.15) is 0 Å². The number of carbonyl (C=O) groups is 2. The molecule has 23 heavy (non-hydrogen) atoms. The summed E-state index contributed by atoms with van der Waals surface area (Å²) in [5, 5.41) is 6.67. The molecule has 1 aliphatic rings. The van der Waals surface area contributed by atoms with Crippen LogP contribution in [0.3, 0.4) is 0 Å². The maximum atomic E-state index is 12.6. The summed E-state index contributed by atoms with van der Waals surface area (Å²) in [5.41, 5.74) is 0.453. The lowest BCUT2D eigenvalue weighted by molar-refractivity contribution is -0.124. The molecule has 1 aliphatic heterocycles. The second-order valence-corrected chi connectivity index (χ2v) is 6.35. The van der Waals surface area contributed by atoms with Gasteiger partial charge in [-0.05, 0) is 51.1 Å². The first-order valence-corrected chi connectivity index (χ1v) is 8.48. The monoisotopic (exact) mass is 357 g/mol. The van der Waals surface area contributed by atoms with Crippen molar-refractivity contribution >= 4 is 35.0 Å². The van der Waals surface area contributed by atoms with E-state index in [0.717, 1.165) is 19.4 Å². The molecular weight excluding hydrogens is 337 g/mol. The van der Waals surface area contributed by atoms with Crippen molar-refractivity contribution in [1.82, 2.24) is 15.5 Å². The first-order valence-electron chi connectivity index (χ1n) is 7.73. The van der Waals surface area contributed by atoms with Gasteiger partial charge in [0.15, 0.2) is 0 Å². The molecule has 126 valence electrons. The Morgan fingerprint density at radius 2 is 2.04 bits per heavy atom. The first-order chi connectivity index (χ1) is 11.0. The zero-order valence-corrected chi connectivity index (χ0v) is 14.6. The van der Waals surface area contributed by atoms with Crippen molar-refractivity contribution in [3.05, 3.63) is 33.8 Å². The van der Waals surface area contributed by atoms with Gasteiger partial charge < -0.3 is 15.5 Å². The highest BCUT2D eigenvalue weighted by Crippen LogP contribution is 2.25. The quantitative estimate of drug-likeness (QED) is 0.768. The Labute approximate surface area is 146 Å². The van der Waals surface area contributed by atoms with E-state index < -0.39 is 6.04 Å². The van der Waals surface area contributed by atoms with E-state index in [1.807, 2.05) is 7.05 Å². The summed E-state index contributed by atoms with van der Waals surface area (Å²) in [5.74, 6) is -0.275. The van der Waals surface area contributed by atoms with E-state index in [1.165, 1.54) is 0 Å². The van der Waals surface area contributed by atoms with Crippen LogP contribution in [0.25, 0.3) is 0 Å². The topological polar surface area (TPSA) is 61.4 Å². The Morgan fingerprint density at radius 1 is 1.26 bits per heavy atom. The number of carbonyl (C=O) groups excluding carboxylic acids is 2. The summed E-state index contributed by atoms with van der Waals surface area (Å²) in [4.78, 5) is 26.6. The highest BCUT2D eigenvalue weighted by atomic mass is 35.5. The van der Waals surface area contributed by atoms with Gasteiger partial charge in [0.05, 0.1) is 10.0 Å². The number of rotatable bonds is 6. The van der Waals surface area contributed by atoms with Gasteiger partial charge in [0.1, 0.15) is 6.04 Å². The van der Waals surface area contributed by atoms with Crippen LogP contribution in [0.15, 0.2) is 18.2 Å². The second-order valence-electron chi connectivity index (χ2n) is 5.53. The molecular formula is C16H21Cl2N3O2. The number of benzene rings is 1. The molecule has 1 fully saturated rings. The number of amides is 2. The standard InChI is InChI=1S/C16H21Cl2N3O2/c1-19-7-3-8-20-15(22)14-4-2-9-21(14)16(23)11-5-6-12(17)13(18)10-11/h5-6,10,14,19H,2-4,7-9H2,1H3,(H,20,22). The van der Waals surface area contributed by atoms with E-state index in [4.69, 9.17) is 23.2 Å². The van der Waals surface area contributed by atoms with Crippen molar-refractivity contribution < 1.29 is 9.59 Å². The lowest BCUT2D eigenvalue weighted by Gasteiger charge is -2.24. The molecule has 1 aromatic rings. The molecule has 2 amide bonds. The molecule has 1 heterocycles. The van der Waals surface area contributed by atoms with Crippen LogP contribution in [-0.4, -0.2) is 49.4 Å². The molecule has 0 spiro atoms. The highest BCUT2D eigenvalue weighted by Gasteiger charge is 2.34. The van der Waals surface area contributed by atoms with Crippen molar-refractivity contribution in [3.63, 3.8) is 0 Å².